The van der Waals surface area contributed by atoms with Crippen LogP contribution in [-0.4, -0.2) is 25.0 Å². The Balaban J connectivity index is 2.23. The largest absolute Gasteiger partial charge is 0.385 e. The molecule has 0 heterocycles. The summed E-state index contributed by atoms with van der Waals surface area (Å²) in [7, 11) is -3.02. The highest BCUT2D eigenvalue weighted by Gasteiger charge is 2.39. The van der Waals surface area contributed by atoms with Gasteiger partial charge in [0, 0.05) is 6.26 Å². The van der Waals surface area contributed by atoms with Crippen molar-refractivity contribution >= 4 is 9.84 Å². The summed E-state index contributed by atoms with van der Waals surface area (Å²) < 4.78 is 23.5. The molecule has 0 aliphatic heterocycles. The van der Waals surface area contributed by atoms with Crippen LogP contribution < -0.4 is 0 Å². The lowest BCUT2D eigenvalue weighted by Gasteiger charge is -2.38. The molecule has 0 aromatic heterocycles. The predicted octanol–water partition coefficient (Wildman–Crippen LogP) is 2.81. The van der Waals surface area contributed by atoms with Gasteiger partial charge in [-0.3, -0.25) is 0 Å². The molecule has 0 bridgehead atoms. The second kappa shape index (κ2) is 5.49. The van der Waals surface area contributed by atoms with E-state index < -0.39 is 15.4 Å². The standard InChI is InChI=1S/C16H24O3S/c1-12-7-9-13(10-8-12)16(2,17)14-5-4-6-15(11-14)20(3,18)19/h7-10,14-15,17H,4-6,11H2,1-3H3. The molecule has 3 atom stereocenters. The number of benzene rings is 1. The van der Waals surface area contributed by atoms with Crippen LogP contribution in [0.4, 0.5) is 0 Å². The summed E-state index contributed by atoms with van der Waals surface area (Å²) in [5.41, 5.74) is 1.07. The van der Waals surface area contributed by atoms with Gasteiger partial charge >= 0.3 is 0 Å². The van der Waals surface area contributed by atoms with Crippen LogP contribution >= 0.6 is 0 Å². The number of hydrogen-bond acceptors (Lipinski definition) is 3. The van der Waals surface area contributed by atoms with Crippen LogP contribution in [0.2, 0.25) is 0 Å². The van der Waals surface area contributed by atoms with E-state index in [0.29, 0.717) is 6.42 Å². The van der Waals surface area contributed by atoms with Crippen molar-refractivity contribution in [3.8, 4) is 0 Å². The van der Waals surface area contributed by atoms with Gasteiger partial charge in [-0.1, -0.05) is 36.2 Å². The van der Waals surface area contributed by atoms with Crippen LogP contribution in [-0.2, 0) is 15.4 Å². The van der Waals surface area contributed by atoms with Crippen LogP contribution in [0.3, 0.4) is 0 Å². The first-order valence-electron chi connectivity index (χ1n) is 7.19. The summed E-state index contributed by atoms with van der Waals surface area (Å²) in [6.07, 6.45) is 4.33. The molecule has 20 heavy (non-hydrogen) atoms. The summed E-state index contributed by atoms with van der Waals surface area (Å²) in [5, 5.41) is 10.6. The Bertz CT molecular complexity index is 558. The molecular weight excluding hydrogens is 272 g/mol. The molecule has 0 amide bonds. The number of aryl methyl sites for hydroxylation is 1. The average Bonchev–Trinajstić information content (AvgIpc) is 2.38. The molecule has 3 nitrogen and oxygen atoms in total. The first-order chi connectivity index (χ1) is 9.21. The minimum atomic E-state index is -3.02. The fourth-order valence-electron chi connectivity index (χ4n) is 3.17. The molecule has 4 heteroatoms. The van der Waals surface area contributed by atoms with E-state index in [1.807, 2.05) is 38.1 Å². The van der Waals surface area contributed by atoms with Crippen molar-refractivity contribution in [3.05, 3.63) is 35.4 Å². The Morgan fingerprint density at radius 1 is 1.20 bits per heavy atom. The van der Waals surface area contributed by atoms with Crippen LogP contribution in [0.1, 0.15) is 43.7 Å². The highest BCUT2D eigenvalue weighted by Crippen LogP contribution is 2.40. The zero-order valence-electron chi connectivity index (χ0n) is 12.5. The molecule has 0 radical (unpaired) electrons. The van der Waals surface area contributed by atoms with Crippen molar-refractivity contribution in [2.75, 3.05) is 6.26 Å². The van der Waals surface area contributed by atoms with E-state index in [4.69, 9.17) is 0 Å². The lowest BCUT2D eigenvalue weighted by molar-refractivity contribution is -0.0208. The number of aliphatic hydroxyl groups is 1. The van der Waals surface area contributed by atoms with Gasteiger partial charge in [0.1, 0.15) is 9.84 Å². The first-order valence-corrected chi connectivity index (χ1v) is 9.15. The number of hydrogen-bond donors (Lipinski definition) is 1. The minimum absolute atomic E-state index is 0.00122. The molecule has 1 aliphatic rings. The zero-order valence-corrected chi connectivity index (χ0v) is 13.3. The van der Waals surface area contributed by atoms with Gasteiger partial charge in [-0.05, 0) is 44.6 Å². The Morgan fingerprint density at radius 3 is 2.35 bits per heavy atom. The topological polar surface area (TPSA) is 54.4 Å². The Morgan fingerprint density at radius 2 is 1.80 bits per heavy atom. The summed E-state index contributed by atoms with van der Waals surface area (Å²) in [4.78, 5) is 0. The van der Waals surface area contributed by atoms with Gasteiger partial charge in [-0.15, -0.1) is 0 Å². The van der Waals surface area contributed by atoms with E-state index >= 15 is 0 Å². The second-order valence-corrected chi connectivity index (χ2v) is 8.65. The predicted molar refractivity (Wildman–Crippen MR) is 81.3 cm³/mol. The maximum atomic E-state index is 11.8. The molecule has 1 fully saturated rings. The highest BCUT2D eigenvalue weighted by molar-refractivity contribution is 7.91. The van der Waals surface area contributed by atoms with Crippen molar-refractivity contribution in [1.82, 2.24) is 0 Å². The van der Waals surface area contributed by atoms with E-state index in [1.54, 1.807) is 0 Å². The van der Waals surface area contributed by atoms with E-state index in [2.05, 4.69) is 0 Å². The molecule has 2 rings (SSSR count). The zero-order chi connectivity index (χ0) is 15.0. The Labute approximate surface area is 121 Å². The summed E-state index contributed by atoms with van der Waals surface area (Å²) in [6, 6.07) is 7.86. The molecule has 0 spiro atoms. The fraction of sp³-hybridized carbons (Fsp3) is 0.625. The van der Waals surface area contributed by atoms with Gasteiger partial charge in [0.15, 0.2) is 0 Å². The lowest BCUT2D eigenvalue weighted by Crippen LogP contribution is -2.38. The lowest BCUT2D eigenvalue weighted by atomic mass is 9.74. The van der Waals surface area contributed by atoms with Crippen molar-refractivity contribution in [3.63, 3.8) is 0 Å². The van der Waals surface area contributed by atoms with E-state index in [0.717, 1.165) is 30.4 Å². The molecule has 1 aliphatic carbocycles. The third-order valence-electron chi connectivity index (χ3n) is 4.66. The van der Waals surface area contributed by atoms with Crippen LogP contribution in [0.15, 0.2) is 24.3 Å². The fourth-order valence-corrected chi connectivity index (χ4v) is 4.35. The maximum absolute atomic E-state index is 11.8. The first kappa shape index (κ1) is 15.5. The summed E-state index contributed by atoms with van der Waals surface area (Å²) in [5.74, 6) is -0.00122. The van der Waals surface area contributed by atoms with E-state index in [9.17, 15) is 13.5 Å². The SMILES string of the molecule is Cc1ccc(C(C)(O)C2CCCC(S(C)(=O)=O)C2)cc1. The Kier molecular flexibility index (Phi) is 4.26. The third-order valence-corrected chi connectivity index (χ3v) is 6.30. The average molecular weight is 296 g/mol. The van der Waals surface area contributed by atoms with Gasteiger partial charge < -0.3 is 5.11 Å². The van der Waals surface area contributed by atoms with Gasteiger partial charge in [0.25, 0.3) is 0 Å². The summed E-state index contributed by atoms with van der Waals surface area (Å²) >= 11 is 0. The van der Waals surface area contributed by atoms with E-state index in [-0.39, 0.29) is 11.2 Å². The molecule has 1 saturated carbocycles. The highest BCUT2D eigenvalue weighted by atomic mass is 32.2. The van der Waals surface area contributed by atoms with Crippen LogP contribution in [0.25, 0.3) is 0 Å². The maximum Gasteiger partial charge on any atom is 0.150 e. The minimum Gasteiger partial charge on any atom is -0.385 e. The Hall–Kier alpha value is -0.870. The summed E-state index contributed by atoms with van der Waals surface area (Å²) in [6.45, 7) is 3.83. The quantitative estimate of drug-likeness (QED) is 0.933. The molecule has 112 valence electrons. The van der Waals surface area contributed by atoms with Crippen molar-refractivity contribution in [2.45, 2.75) is 50.4 Å². The second-order valence-electron chi connectivity index (χ2n) is 6.33. The monoisotopic (exact) mass is 296 g/mol. The van der Waals surface area contributed by atoms with Gasteiger partial charge in [-0.2, -0.15) is 0 Å². The third kappa shape index (κ3) is 3.23. The molecule has 3 unspecified atom stereocenters. The van der Waals surface area contributed by atoms with Gasteiger partial charge in [0.2, 0.25) is 0 Å². The van der Waals surface area contributed by atoms with Gasteiger partial charge in [0.05, 0.1) is 10.9 Å². The van der Waals surface area contributed by atoms with Crippen LogP contribution in [0.5, 0.6) is 0 Å². The van der Waals surface area contributed by atoms with Crippen molar-refractivity contribution in [2.24, 2.45) is 5.92 Å². The normalized spacial score (nSPS) is 27.0. The van der Waals surface area contributed by atoms with Crippen LogP contribution in [0, 0.1) is 12.8 Å². The van der Waals surface area contributed by atoms with E-state index in [1.165, 1.54) is 6.26 Å². The van der Waals surface area contributed by atoms with Crippen molar-refractivity contribution < 1.29 is 13.5 Å². The van der Waals surface area contributed by atoms with Crippen molar-refractivity contribution in [1.29, 1.82) is 0 Å². The van der Waals surface area contributed by atoms with Gasteiger partial charge in [-0.25, -0.2) is 8.42 Å². The smallest absolute Gasteiger partial charge is 0.150 e. The number of sulfone groups is 1. The molecule has 1 aromatic rings. The molecule has 1 N–H and O–H groups in total. The molecule has 1 aromatic carbocycles. The molecule has 0 saturated heterocycles. The molecular formula is C16H24O3S. The number of rotatable bonds is 3.